The van der Waals surface area contributed by atoms with E-state index in [1.807, 2.05) is 54.7 Å². The highest BCUT2D eigenvalue weighted by molar-refractivity contribution is 7.80. The SMILES string of the molecule is O=C1Nc2ccccc2C1=Cc1c[nH]c(-c2ccc(NS(=O)[O-])cc2)c1. The van der Waals surface area contributed by atoms with E-state index in [9.17, 15) is 13.6 Å². The lowest BCUT2D eigenvalue weighted by atomic mass is 10.0. The number of carbonyl (C=O) groups excluding carboxylic acids is 1. The van der Waals surface area contributed by atoms with Gasteiger partial charge in [-0.05, 0) is 41.5 Å². The Morgan fingerprint density at radius 2 is 1.85 bits per heavy atom. The highest BCUT2D eigenvalue weighted by atomic mass is 32.2. The van der Waals surface area contributed by atoms with E-state index < -0.39 is 11.3 Å². The fraction of sp³-hybridized carbons (Fsp3) is 0. The number of carbonyl (C=O) groups is 1. The van der Waals surface area contributed by atoms with Crippen LogP contribution in [0.2, 0.25) is 0 Å². The number of rotatable bonds is 4. The van der Waals surface area contributed by atoms with Gasteiger partial charge in [0, 0.05) is 45.7 Å². The quantitative estimate of drug-likeness (QED) is 0.489. The fourth-order valence-corrected chi connectivity index (χ4v) is 3.25. The number of benzene rings is 2. The number of fused-ring (bicyclic) bond motifs is 1. The van der Waals surface area contributed by atoms with Crippen molar-refractivity contribution in [2.24, 2.45) is 0 Å². The molecular formula is C19H14N3O3S-. The molecule has 4 rings (SSSR count). The van der Waals surface area contributed by atoms with Crippen LogP contribution in [-0.4, -0.2) is 19.7 Å². The Morgan fingerprint density at radius 3 is 2.62 bits per heavy atom. The van der Waals surface area contributed by atoms with Crippen molar-refractivity contribution in [2.75, 3.05) is 10.0 Å². The summed E-state index contributed by atoms with van der Waals surface area (Å²) in [6, 6.07) is 16.5. The van der Waals surface area contributed by atoms with Gasteiger partial charge in [0.1, 0.15) is 0 Å². The van der Waals surface area contributed by atoms with Crippen molar-refractivity contribution in [3.8, 4) is 11.3 Å². The largest absolute Gasteiger partial charge is 0.755 e. The first-order chi connectivity index (χ1) is 12.6. The van der Waals surface area contributed by atoms with E-state index >= 15 is 0 Å². The third-order valence-electron chi connectivity index (χ3n) is 4.12. The molecule has 2 aromatic carbocycles. The summed E-state index contributed by atoms with van der Waals surface area (Å²) in [6.07, 6.45) is 3.67. The lowest BCUT2D eigenvalue weighted by Gasteiger charge is -2.08. The van der Waals surface area contributed by atoms with Crippen LogP contribution in [0.1, 0.15) is 11.1 Å². The van der Waals surface area contributed by atoms with Crippen LogP contribution in [0, 0.1) is 0 Å². The van der Waals surface area contributed by atoms with Crippen LogP contribution in [0.4, 0.5) is 11.4 Å². The van der Waals surface area contributed by atoms with Gasteiger partial charge >= 0.3 is 0 Å². The average Bonchev–Trinajstić information content (AvgIpc) is 3.21. The number of H-pyrrole nitrogens is 1. The van der Waals surface area contributed by atoms with Crippen molar-refractivity contribution >= 4 is 40.2 Å². The van der Waals surface area contributed by atoms with Gasteiger partial charge < -0.3 is 19.6 Å². The molecule has 1 amide bonds. The Morgan fingerprint density at radius 1 is 1.08 bits per heavy atom. The summed E-state index contributed by atoms with van der Waals surface area (Å²) in [7, 11) is 0. The Labute approximate surface area is 152 Å². The topological polar surface area (TPSA) is 97.1 Å². The monoisotopic (exact) mass is 364 g/mol. The minimum absolute atomic E-state index is 0.116. The first-order valence-electron chi connectivity index (χ1n) is 7.87. The van der Waals surface area contributed by atoms with Gasteiger partial charge in [0.25, 0.3) is 5.91 Å². The maximum Gasteiger partial charge on any atom is 0.256 e. The molecule has 0 radical (unpaired) electrons. The number of anilines is 2. The summed E-state index contributed by atoms with van der Waals surface area (Å²) >= 11 is -2.34. The normalized spacial score (nSPS) is 15.6. The second-order valence-corrected chi connectivity index (χ2v) is 6.49. The van der Waals surface area contributed by atoms with Gasteiger partial charge in [-0.15, -0.1) is 0 Å². The van der Waals surface area contributed by atoms with Crippen LogP contribution in [-0.2, 0) is 16.1 Å². The van der Waals surface area contributed by atoms with Gasteiger partial charge in [-0.1, -0.05) is 30.3 Å². The van der Waals surface area contributed by atoms with E-state index in [1.165, 1.54) is 0 Å². The Bertz CT molecular complexity index is 1040. The van der Waals surface area contributed by atoms with Gasteiger partial charge in [-0.25, -0.2) is 0 Å². The molecule has 0 fully saturated rings. The van der Waals surface area contributed by atoms with E-state index in [2.05, 4.69) is 15.0 Å². The molecule has 2 heterocycles. The molecule has 0 saturated heterocycles. The van der Waals surface area contributed by atoms with Crippen LogP contribution < -0.4 is 10.0 Å². The molecule has 0 saturated carbocycles. The highest BCUT2D eigenvalue weighted by Crippen LogP contribution is 2.33. The fourth-order valence-electron chi connectivity index (χ4n) is 2.92. The van der Waals surface area contributed by atoms with Gasteiger partial charge in [0.15, 0.2) is 0 Å². The minimum Gasteiger partial charge on any atom is -0.755 e. The van der Waals surface area contributed by atoms with Gasteiger partial charge in [0.05, 0.1) is 0 Å². The summed E-state index contributed by atoms with van der Waals surface area (Å²) in [4.78, 5) is 15.4. The second kappa shape index (κ2) is 6.62. The van der Waals surface area contributed by atoms with Crippen LogP contribution in [0.15, 0.2) is 60.8 Å². The summed E-state index contributed by atoms with van der Waals surface area (Å²) < 4.78 is 23.6. The molecule has 1 unspecified atom stereocenters. The molecule has 1 aliphatic rings. The van der Waals surface area contributed by atoms with E-state index in [0.29, 0.717) is 11.3 Å². The average molecular weight is 364 g/mol. The zero-order valence-corrected chi connectivity index (χ0v) is 14.3. The predicted octanol–water partition coefficient (Wildman–Crippen LogP) is 3.38. The lowest BCUT2D eigenvalue weighted by Crippen LogP contribution is -2.03. The number of amides is 1. The van der Waals surface area contributed by atoms with Crippen LogP contribution in [0.5, 0.6) is 0 Å². The molecular weight excluding hydrogens is 350 g/mol. The van der Waals surface area contributed by atoms with Crippen molar-refractivity contribution in [1.29, 1.82) is 0 Å². The van der Waals surface area contributed by atoms with Crippen LogP contribution in [0.3, 0.4) is 0 Å². The molecule has 3 N–H and O–H groups in total. The summed E-state index contributed by atoms with van der Waals surface area (Å²) in [5.74, 6) is -0.116. The third kappa shape index (κ3) is 3.17. The number of nitrogens with one attached hydrogen (secondary N) is 3. The van der Waals surface area contributed by atoms with E-state index in [0.717, 1.165) is 28.1 Å². The molecule has 1 aromatic heterocycles. The van der Waals surface area contributed by atoms with Crippen molar-refractivity contribution in [2.45, 2.75) is 0 Å². The zero-order chi connectivity index (χ0) is 18.1. The van der Waals surface area contributed by atoms with Gasteiger partial charge in [-0.2, -0.15) is 0 Å². The summed E-state index contributed by atoms with van der Waals surface area (Å²) in [5, 5.41) is 2.85. The van der Waals surface area contributed by atoms with Crippen molar-refractivity contribution in [1.82, 2.24) is 4.98 Å². The van der Waals surface area contributed by atoms with Gasteiger partial charge in [0.2, 0.25) is 0 Å². The number of hydrogen-bond donors (Lipinski definition) is 3. The first kappa shape index (κ1) is 16.3. The Kier molecular flexibility index (Phi) is 4.16. The number of hydrogen-bond acceptors (Lipinski definition) is 3. The lowest BCUT2D eigenvalue weighted by molar-refractivity contribution is -0.110. The highest BCUT2D eigenvalue weighted by Gasteiger charge is 2.23. The number of aromatic nitrogens is 1. The molecule has 0 spiro atoms. The maximum atomic E-state index is 12.2. The van der Waals surface area contributed by atoms with Crippen LogP contribution >= 0.6 is 0 Å². The molecule has 1 atom stereocenters. The van der Waals surface area contributed by atoms with Crippen molar-refractivity contribution in [3.63, 3.8) is 0 Å². The van der Waals surface area contributed by atoms with Gasteiger partial charge in [-0.3, -0.25) is 9.00 Å². The standard InChI is InChI=1S/C19H15N3O3S/c23-19-16(15-3-1-2-4-17(15)21-19)9-12-10-18(20-11-12)13-5-7-14(8-6-13)22-26(24)25/h1-11,20,22H,(H,21,23)(H,24,25)/p-1. The first-order valence-corrected chi connectivity index (χ1v) is 8.95. The molecule has 3 aromatic rings. The molecule has 130 valence electrons. The van der Waals surface area contributed by atoms with E-state index in [4.69, 9.17) is 0 Å². The minimum atomic E-state index is -2.34. The third-order valence-corrected chi connectivity index (χ3v) is 4.53. The second-order valence-electron chi connectivity index (χ2n) is 5.82. The van der Waals surface area contributed by atoms with E-state index in [1.54, 1.807) is 12.1 Å². The molecule has 0 aliphatic carbocycles. The number of aromatic amines is 1. The zero-order valence-electron chi connectivity index (χ0n) is 13.5. The Hall–Kier alpha value is -3.16. The Balaban J connectivity index is 1.61. The van der Waals surface area contributed by atoms with Crippen LogP contribution in [0.25, 0.3) is 22.9 Å². The molecule has 7 heteroatoms. The molecule has 26 heavy (non-hydrogen) atoms. The van der Waals surface area contributed by atoms with E-state index in [-0.39, 0.29) is 5.91 Å². The smallest absolute Gasteiger partial charge is 0.256 e. The molecule has 0 bridgehead atoms. The predicted molar refractivity (Wildman–Crippen MR) is 102 cm³/mol. The van der Waals surface area contributed by atoms with Crippen molar-refractivity contribution in [3.05, 3.63) is 71.9 Å². The number of para-hydroxylation sites is 1. The molecule has 1 aliphatic heterocycles. The summed E-state index contributed by atoms with van der Waals surface area (Å²) in [6.45, 7) is 0. The molecule has 6 nitrogen and oxygen atoms in total. The summed E-state index contributed by atoms with van der Waals surface area (Å²) in [5.41, 5.74) is 5.50. The maximum absolute atomic E-state index is 12.2. The van der Waals surface area contributed by atoms with Crippen molar-refractivity contribution < 1.29 is 13.6 Å².